The highest BCUT2D eigenvalue weighted by molar-refractivity contribution is 5.92. The van der Waals surface area contributed by atoms with E-state index >= 15 is 0 Å². The molecular weight excluding hydrogens is 422 g/mol. The summed E-state index contributed by atoms with van der Waals surface area (Å²) in [5.74, 6) is -0.944. The summed E-state index contributed by atoms with van der Waals surface area (Å²) in [5.41, 5.74) is -0.205. The Morgan fingerprint density at radius 1 is 1.12 bits per heavy atom. The van der Waals surface area contributed by atoms with Crippen LogP contribution in [0.2, 0.25) is 0 Å². The molecule has 3 N–H and O–H groups in total. The van der Waals surface area contributed by atoms with Crippen molar-refractivity contribution in [1.82, 2.24) is 15.5 Å². The van der Waals surface area contributed by atoms with E-state index in [1.54, 1.807) is 40.0 Å². The summed E-state index contributed by atoms with van der Waals surface area (Å²) >= 11 is 0. The highest BCUT2D eigenvalue weighted by atomic mass is 16.6. The zero-order valence-electron chi connectivity index (χ0n) is 20.7. The fraction of sp³-hybridized carbons (Fsp3) is 0.640. The Hall–Kier alpha value is -2.77. The predicted octanol–water partition coefficient (Wildman–Crippen LogP) is 3.89. The van der Waals surface area contributed by atoms with Gasteiger partial charge in [-0.1, -0.05) is 45.2 Å². The van der Waals surface area contributed by atoms with Crippen LogP contribution in [0.25, 0.3) is 0 Å². The van der Waals surface area contributed by atoms with Crippen molar-refractivity contribution in [3.8, 4) is 5.75 Å². The van der Waals surface area contributed by atoms with Crippen molar-refractivity contribution in [1.29, 1.82) is 0 Å². The number of nitrogens with one attached hydrogen (secondary N) is 2. The quantitative estimate of drug-likeness (QED) is 0.571. The number of phenols is 1. The van der Waals surface area contributed by atoms with Crippen LogP contribution in [-0.4, -0.2) is 52.6 Å². The van der Waals surface area contributed by atoms with Gasteiger partial charge in [0.1, 0.15) is 23.4 Å². The van der Waals surface area contributed by atoms with Crippen LogP contribution in [0.4, 0.5) is 4.79 Å². The minimum absolute atomic E-state index is 0.0103. The number of carbonyl (C=O) groups is 3. The lowest BCUT2D eigenvalue weighted by molar-refractivity contribution is -0.142. The van der Waals surface area contributed by atoms with Gasteiger partial charge in [-0.3, -0.25) is 9.59 Å². The molecule has 1 aromatic rings. The molecule has 0 aromatic heterocycles. The summed E-state index contributed by atoms with van der Waals surface area (Å²) in [5, 5.41) is 15.7. The average molecular weight is 462 g/mol. The number of phenolic OH excluding ortho intramolecular Hbond substituents is 1. The molecule has 1 aromatic carbocycles. The molecule has 184 valence electrons. The first kappa shape index (κ1) is 26.5. The number of hydrogen-bond acceptors (Lipinski definition) is 5. The Balaban J connectivity index is 2.28. The van der Waals surface area contributed by atoms with Gasteiger partial charge in [0.05, 0.1) is 0 Å². The Morgan fingerprint density at radius 3 is 2.30 bits per heavy atom. The molecule has 0 heterocycles. The van der Waals surface area contributed by atoms with Crippen LogP contribution in [0, 0.1) is 5.92 Å². The maximum Gasteiger partial charge on any atom is 0.408 e. The fourth-order valence-electron chi connectivity index (χ4n) is 4.07. The van der Waals surface area contributed by atoms with Gasteiger partial charge in [-0.2, -0.15) is 0 Å². The second-order valence-electron chi connectivity index (χ2n) is 10.2. The summed E-state index contributed by atoms with van der Waals surface area (Å²) in [6, 6.07) is 4.59. The van der Waals surface area contributed by atoms with Gasteiger partial charge >= 0.3 is 6.09 Å². The lowest BCUT2D eigenvalue weighted by Crippen LogP contribution is -2.54. The predicted molar refractivity (Wildman–Crippen MR) is 127 cm³/mol. The van der Waals surface area contributed by atoms with Crippen LogP contribution in [0.1, 0.15) is 78.3 Å². The second-order valence-corrected chi connectivity index (χ2v) is 10.2. The minimum Gasteiger partial charge on any atom is -0.508 e. The lowest BCUT2D eigenvalue weighted by Gasteiger charge is -2.34. The molecule has 2 unspecified atom stereocenters. The van der Waals surface area contributed by atoms with Gasteiger partial charge in [0, 0.05) is 13.1 Å². The first-order chi connectivity index (χ1) is 15.4. The average Bonchev–Trinajstić information content (AvgIpc) is 2.71. The molecule has 1 aliphatic rings. The second kappa shape index (κ2) is 11.4. The van der Waals surface area contributed by atoms with Gasteiger partial charge in [-0.05, 0) is 57.2 Å². The molecule has 8 nitrogen and oxygen atoms in total. The maximum atomic E-state index is 13.5. The van der Waals surface area contributed by atoms with E-state index < -0.39 is 29.7 Å². The molecule has 1 aliphatic carbocycles. The normalized spacial score (nSPS) is 16.6. The summed E-state index contributed by atoms with van der Waals surface area (Å²) in [6.07, 6.45) is 4.41. The molecule has 8 heteroatoms. The highest BCUT2D eigenvalue weighted by Crippen LogP contribution is 2.26. The number of hydrogen-bond donors (Lipinski definition) is 3. The third-order valence-electron chi connectivity index (χ3n) is 5.73. The largest absolute Gasteiger partial charge is 0.508 e. The van der Waals surface area contributed by atoms with Gasteiger partial charge in [0.15, 0.2) is 0 Å². The van der Waals surface area contributed by atoms with Crippen LogP contribution in [0.15, 0.2) is 24.3 Å². The molecule has 1 saturated carbocycles. The smallest absolute Gasteiger partial charge is 0.408 e. The Labute approximate surface area is 197 Å². The van der Waals surface area contributed by atoms with Gasteiger partial charge in [-0.15, -0.1) is 0 Å². The Bertz CT molecular complexity index is 828. The fourth-order valence-corrected chi connectivity index (χ4v) is 4.07. The molecule has 0 bridgehead atoms. The van der Waals surface area contributed by atoms with Gasteiger partial charge in [0.25, 0.3) is 0 Å². The molecule has 0 aliphatic heterocycles. The molecule has 33 heavy (non-hydrogen) atoms. The van der Waals surface area contributed by atoms with E-state index in [4.69, 9.17) is 4.74 Å². The monoisotopic (exact) mass is 461 g/mol. The lowest BCUT2D eigenvalue weighted by atomic mass is 9.94. The standard InChI is InChI=1S/C25H39N3O5/c1-16(2)20(27-24(32)33-25(3,4)5)23(31)28(6)21(17-11-10-14-19(29)15-17)22(30)26-18-12-8-7-9-13-18/h10-11,14-16,18,20-21,29H,7-9,12-13H2,1-6H3,(H,26,30)(H,27,32). The van der Waals surface area contributed by atoms with Crippen molar-refractivity contribution in [3.05, 3.63) is 29.8 Å². The van der Waals surface area contributed by atoms with Gasteiger partial charge in [0.2, 0.25) is 11.8 Å². The highest BCUT2D eigenvalue weighted by Gasteiger charge is 2.36. The van der Waals surface area contributed by atoms with E-state index in [0.29, 0.717) is 5.56 Å². The number of aromatic hydroxyl groups is 1. The first-order valence-electron chi connectivity index (χ1n) is 11.7. The van der Waals surface area contributed by atoms with E-state index in [1.807, 2.05) is 13.8 Å². The van der Waals surface area contributed by atoms with Crippen LogP contribution in [-0.2, 0) is 14.3 Å². The first-order valence-corrected chi connectivity index (χ1v) is 11.7. The molecule has 3 amide bonds. The van der Waals surface area contributed by atoms with Crippen molar-refractivity contribution >= 4 is 17.9 Å². The molecule has 0 radical (unpaired) electrons. The zero-order chi connectivity index (χ0) is 24.8. The molecule has 1 fully saturated rings. The number of alkyl carbamates (subject to hydrolysis) is 1. The van der Waals surface area contributed by atoms with Crippen molar-refractivity contribution in [2.75, 3.05) is 7.05 Å². The van der Waals surface area contributed by atoms with Crippen molar-refractivity contribution in [2.24, 2.45) is 5.92 Å². The molecular formula is C25H39N3O5. The number of benzene rings is 1. The summed E-state index contributed by atoms with van der Waals surface area (Å²) in [6.45, 7) is 8.88. The third kappa shape index (κ3) is 7.94. The van der Waals surface area contributed by atoms with Crippen LogP contribution < -0.4 is 10.6 Å². The maximum absolute atomic E-state index is 13.5. The number of nitrogens with zero attached hydrogens (tertiary/aromatic N) is 1. The molecule has 0 spiro atoms. The molecule has 2 atom stereocenters. The van der Waals surface area contributed by atoms with Crippen LogP contribution in [0.5, 0.6) is 5.75 Å². The van der Waals surface area contributed by atoms with E-state index in [1.165, 1.54) is 17.0 Å². The topological polar surface area (TPSA) is 108 Å². The number of rotatable bonds is 7. The van der Waals surface area contributed by atoms with E-state index in [-0.39, 0.29) is 23.6 Å². The number of amides is 3. The SMILES string of the molecule is CC(C)C(NC(=O)OC(C)(C)C)C(=O)N(C)C(C(=O)NC1CCCCC1)c1cccc(O)c1. The number of carbonyl (C=O) groups excluding carboxylic acids is 3. The van der Waals surface area contributed by atoms with E-state index in [2.05, 4.69) is 10.6 Å². The van der Waals surface area contributed by atoms with Gasteiger partial charge in [-0.25, -0.2) is 4.79 Å². The van der Waals surface area contributed by atoms with E-state index in [9.17, 15) is 19.5 Å². The van der Waals surface area contributed by atoms with E-state index in [0.717, 1.165) is 32.1 Å². The minimum atomic E-state index is -0.951. The molecule has 2 rings (SSSR count). The Kier molecular flexibility index (Phi) is 9.14. The van der Waals surface area contributed by atoms with Crippen molar-refractivity contribution in [2.45, 2.75) is 90.4 Å². The zero-order valence-corrected chi connectivity index (χ0v) is 20.7. The van der Waals surface area contributed by atoms with Crippen LogP contribution >= 0.6 is 0 Å². The Morgan fingerprint density at radius 2 is 1.76 bits per heavy atom. The molecule has 0 saturated heterocycles. The number of likely N-dealkylation sites (N-methyl/N-ethyl adjacent to an activating group) is 1. The van der Waals surface area contributed by atoms with Crippen LogP contribution in [0.3, 0.4) is 0 Å². The summed E-state index contributed by atoms with van der Waals surface area (Å²) in [7, 11) is 1.55. The summed E-state index contributed by atoms with van der Waals surface area (Å²) in [4.78, 5) is 40.6. The van der Waals surface area contributed by atoms with Crippen molar-refractivity contribution in [3.63, 3.8) is 0 Å². The van der Waals surface area contributed by atoms with Gasteiger partial charge < -0.3 is 25.4 Å². The van der Waals surface area contributed by atoms with Crippen molar-refractivity contribution < 1.29 is 24.2 Å². The number of ether oxygens (including phenoxy) is 1. The summed E-state index contributed by atoms with van der Waals surface area (Å²) < 4.78 is 5.32. The third-order valence-corrected chi connectivity index (χ3v) is 5.73.